The number of benzene rings is 2. The zero-order valence-electron chi connectivity index (χ0n) is 28.7. The summed E-state index contributed by atoms with van der Waals surface area (Å²) in [7, 11) is 0. The fraction of sp³-hybridized carbons (Fsp3) is 0.385. The molecule has 0 heterocycles. The molecule has 4 rings (SSSR count). The minimum absolute atomic E-state index is 0.00305. The first kappa shape index (κ1) is 37.9. The molecule has 2 aliphatic rings. The highest BCUT2D eigenvalue weighted by Crippen LogP contribution is 2.41. The molecular weight excluding hydrogens is 647 g/mol. The summed E-state index contributed by atoms with van der Waals surface area (Å²) in [6, 6.07) is 11.4. The monoisotopic (exact) mass is 691 g/mol. The molecule has 2 aromatic carbocycles. The van der Waals surface area contributed by atoms with Crippen molar-refractivity contribution in [2.24, 2.45) is 23.2 Å². The quantitative estimate of drug-likeness (QED) is 0.156. The van der Waals surface area contributed by atoms with E-state index in [9.17, 15) is 32.3 Å². The molecule has 2 aliphatic carbocycles. The van der Waals surface area contributed by atoms with E-state index in [2.05, 4.69) is 16.0 Å². The third-order valence-corrected chi connectivity index (χ3v) is 9.15. The Bertz CT molecular complexity index is 1670. The Morgan fingerprint density at radius 3 is 2.10 bits per heavy atom. The molecule has 3 amide bonds. The number of hydrogen-bond donors (Lipinski definition) is 3. The average molecular weight is 692 g/mol. The second kappa shape index (κ2) is 16.7. The molecule has 0 saturated heterocycles. The summed E-state index contributed by atoms with van der Waals surface area (Å²) in [5.74, 6) is -2.42. The van der Waals surface area contributed by atoms with Gasteiger partial charge < -0.3 is 20.7 Å². The molecule has 0 fully saturated rings. The zero-order valence-corrected chi connectivity index (χ0v) is 28.7. The molecular formula is C39H44F3N3O5. The van der Waals surface area contributed by atoms with Crippen LogP contribution >= 0.6 is 0 Å². The van der Waals surface area contributed by atoms with Crippen molar-refractivity contribution in [1.82, 2.24) is 16.0 Å². The molecule has 0 aliphatic heterocycles. The van der Waals surface area contributed by atoms with Crippen molar-refractivity contribution in [3.05, 3.63) is 107 Å². The minimum Gasteiger partial charge on any atom is -0.465 e. The predicted molar refractivity (Wildman–Crippen MR) is 185 cm³/mol. The van der Waals surface area contributed by atoms with Gasteiger partial charge >= 0.3 is 12.1 Å². The van der Waals surface area contributed by atoms with Crippen LogP contribution in [0.5, 0.6) is 0 Å². The van der Waals surface area contributed by atoms with E-state index in [1.807, 2.05) is 38.2 Å². The number of halogens is 3. The van der Waals surface area contributed by atoms with Crippen molar-refractivity contribution in [1.29, 1.82) is 0 Å². The van der Waals surface area contributed by atoms with E-state index in [0.29, 0.717) is 41.9 Å². The highest BCUT2D eigenvalue weighted by molar-refractivity contribution is 6.06. The number of rotatable bonds is 13. The summed E-state index contributed by atoms with van der Waals surface area (Å²) in [5, 5.41) is 8.56. The summed E-state index contributed by atoms with van der Waals surface area (Å²) in [5.41, 5.74) is 0.453. The van der Waals surface area contributed by atoms with Crippen LogP contribution in [-0.4, -0.2) is 43.4 Å². The van der Waals surface area contributed by atoms with Gasteiger partial charge in [0.1, 0.15) is 5.41 Å². The highest BCUT2D eigenvalue weighted by Gasteiger charge is 2.52. The first-order valence-electron chi connectivity index (χ1n) is 16.9. The molecule has 0 radical (unpaired) electrons. The number of esters is 1. The first-order chi connectivity index (χ1) is 23.8. The van der Waals surface area contributed by atoms with E-state index in [4.69, 9.17) is 4.74 Å². The lowest BCUT2D eigenvalue weighted by molar-refractivity contribution is -0.153. The van der Waals surface area contributed by atoms with Gasteiger partial charge in [0.2, 0.25) is 11.8 Å². The second-order valence-electron chi connectivity index (χ2n) is 12.6. The van der Waals surface area contributed by atoms with Gasteiger partial charge in [0.25, 0.3) is 5.91 Å². The number of hydrogen-bond acceptors (Lipinski definition) is 5. The smallest absolute Gasteiger partial charge is 0.416 e. The van der Waals surface area contributed by atoms with Crippen LogP contribution in [0, 0.1) is 23.2 Å². The summed E-state index contributed by atoms with van der Waals surface area (Å²) in [6.45, 7) is 7.98. The molecule has 3 unspecified atom stereocenters. The number of ether oxygens (including phenoxy) is 1. The molecule has 11 heteroatoms. The summed E-state index contributed by atoms with van der Waals surface area (Å²) in [4.78, 5) is 53.4. The fourth-order valence-electron chi connectivity index (χ4n) is 6.54. The second-order valence-corrected chi connectivity index (χ2v) is 12.6. The Morgan fingerprint density at radius 2 is 1.50 bits per heavy atom. The number of carbonyl (C=O) groups excluding carboxylic acids is 4. The van der Waals surface area contributed by atoms with E-state index in [1.54, 1.807) is 50.3 Å². The molecule has 3 N–H and O–H groups in total. The number of carbonyl (C=O) groups is 4. The molecule has 3 atom stereocenters. The van der Waals surface area contributed by atoms with Crippen LogP contribution in [0.3, 0.4) is 0 Å². The van der Waals surface area contributed by atoms with Crippen molar-refractivity contribution in [2.45, 2.75) is 53.1 Å². The van der Waals surface area contributed by atoms with Crippen LogP contribution in [-0.2, 0) is 25.3 Å². The molecule has 266 valence electrons. The van der Waals surface area contributed by atoms with Crippen LogP contribution < -0.4 is 16.0 Å². The van der Waals surface area contributed by atoms with Gasteiger partial charge in [-0.15, -0.1) is 0 Å². The normalized spacial score (nSPS) is 18.8. The van der Waals surface area contributed by atoms with Gasteiger partial charge in [0.15, 0.2) is 0 Å². The SMILES string of the molecule is CCNC(=O)C(CCOC(=O)CC1=CC=C(NC(=O)c2ccccc2-c2ccc(C(F)(F)F)cc2)C(C)C1)(C(=O)NCC)C1C=CC=CC1C. The third-order valence-electron chi connectivity index (χ3n) is 9.15. The van der Waals surface area contributed by atoms with Crippen LogP contribution in [0.15, 0.2) is 96.3 Å². The van der Waals surface area contributed by atoms with Crippen LogP contribution in [0.4, 0.5) is 13.2 Å². The maximum absolute atomic E-state index is 13.5. The van der Waals surface area contributed by atoms with Crippen molar-refractivity contribution < 1.29 is 37.1 Å². The molecule has 0 bridgehead atoms. The van der Waals surface area contributed by atoms with Crippen LogP contribution in [0.2, 0.25) is 0 Å². The van der Waals surface area contributed by atoms with E-state index >= 15 is 0 Å². The molecule has 0 spiro atoms. The number of nitrogens with one attached hydrogen (secondary N) is 3. The van der Waals surface area contributed by atoms with Crippen molar-refractivity contribution >= 4 is 23.7 Å². The zero-order chi connectivity index (χ0) is 36.5. The van der Waals surface area contributed by atoms with Gasteiger partial charge in [-0.1, -0.05) is 80.1 Å². The van der Waals surface area contributed by atoms with Crippen molar-refractivity contribution in [3.8, 4) is 11.1 Å². The van der Waals surface area contributed by atoms with Gasteiger partial charge in [-0.3, -0.25) is 19.2 Å². The number of allylic oxidation sites excluding steroid dienone is 7. The maximum Gasteiger partial charge on any atom is 0.416 e. The predicted octanol–water partition coefficient (Wildman–Crippen LogP) is 6.91. The molecule has 8 nitrogen and oxygen atoms in total. The standard InChI is InChI=1S/C39H44F3N3O5/c1-5-43-36(48)38(37(49)44-6-2,32-14-10-7-11-25(32)3)21-22-50-34(46)24-27-15-20-33(26(4)23-27)45-35(47)31-13-9-8-12-30(31)28-16-18-29(19-17-28)39(40,41)42/h7-20,25-26,32H,5-6,21-24H2,1-4H3,(H,43,48)(H,44,49)(H,45,47). The summed E-state index contributed by atoms with van der Waals surface area (Å²) in [6.07, 6.45) is 7.01. The van der Waals surface area contributed by atoms with E-state index < -0.39 is 46.8 Å². The number of amides is 3. The Kier molecular flexibility index (Phi) is 12.6. The Balaban J connectivity index is 1.42. The lowest BCUT2D eigenvalue weighted by atomic mass is 9.65. The molecule has 0 saturated carbocycles. The fourth-order valence-corrected chi connectivity index (χ4v) is 6.54. The number of alkyl halides is 3. The molecule has 2 aromatic rings. The van der Waals surface area contributed by atoms with Gasteiger partial charge in [-0.05, 0) is 67.5 Å². The minimum atomic E-state index is -4.46. The largest absolute Gasteiger partial charge is 0.465 e. The molecule has 50 heavy (non-hydrogen) atoms. The maximum atomic E-state index is 13.5. The Morgan fingerprint density at radius 1 is 0.860 bits per heavy atom. The summed E-state index contributed by atoms with van der Waals surface area (Å²) >= 11 is 0. The summed E-state index contributed by atoms with van der Waals surface area (Å²) < 4.78 is 44.8. The van der Waals surface area contributed by atoms with Gasteiger partial charge in [0, 0.05) is 36.7 Å². The van der Waals surface area contributed by atoms with Crippen LogP contribution in [0.25, 0.3) is 11.1 Å². The van der Waals surface area contributed by atoms with Gasteiger partial charge in [-0.25, -0.2) is 0 Å². The topological polar surface area (TPSA) is 114 Å². The highest BCUT2D eigenvalue weighted by atomic mass is 19.4. The Hall–Kier alpha value is -4.93. The van der Waals surface area contributed by atoms with Crippen LogP contribution in [0.1, 0.15) is 62.9 Å². The first-order valence-corrected chi connectivity index (χ1v) is 16.9. The lowest BCUT2D eigenvalue weighted by Gasteiger charge is -2.39. The molecule has 0 aromatic heterocycles. The van der Waals surface area contributed by atoms with Crippen molar-refractivity contribution in [2.75, 3.05) is 19.7 Å². The lowest BCUT2D eigenvalue weighted by Crippen LogP contribution is -2.57. The van der Waals surface area contributed by atoms with E-state index in [1.165, 1.54) is 12.1 Å². The van der Waals surface area contributed by atoms with E-state index in [0.717, 1.165) is 17.7 Å². The third kappa shape index (κ3) is 8.80. The van der Waals surface area contributed by atoms with E-state index in [-0.39, 0.29) is 31.3 Å². The van der Waals surface area contributed by atoms with Crippen molar-refractivity contribution in [3.63, 3.8) is 0 Å². The van der Waals surface area contributed by atoms with Gasteiger partial charge in [-0.2, -0.15) is 13.2 Å². The Labute approximate surface area is 290 Å². The average Bonchev–Trinajstić information content (AvgIpc) is 3.08. The van der Waals surface area contributed by atoms with Gasteiger partial charge in [0.05, 0.1) is 18.6 Å².